The second-order valence-corrected chi connectivity index (χ2v) is 20.2. The molecule has 1 aliphatic heterocycles. The van der Waals surface area contributed by atoms with Crippen LogP contribution in [-0.2, 0) is 42.9 Å². The summed E-state index contributed by atoms with van der Waals surface area (Å²) in [5.41, 5.74) is 4.17. The van der Waals surface area contributed by atoms with Crippen LogP contribution >= 0.6 is 0 Å². The normalized spacial score (nSPS) is 18.1. The number of aldehydes is 2. The van der Waals surface area contributed by atoms with Crippen molar-refractivity contribution in [3.05, 3.63) is 53.1 Å². The highest BCUT2D eigenvalue weighted by Crippen LogP contribution is 2.46. The number of allylic oxidation sites excluding steroid dienone is 3. The predicted molar refractivity (Wildman–Crippen MR) is 265 cm³/mol. The third kappa shape index (κ3) is 24.7. The number of carbonyl (C=O) groups excluding carboxylic acids is 5. The van der Waals surface area contributed by atoms with Gasteiger partial charge in [0, 0.05) is 79.0 Å². The third-order valence-electron chi connectivity index (χ3n) is 11.4. The molecule has 2 unspecified atom stereocenters. The van der Waals surface area contributed by atoms with Crippen LogP contribution in [-0.4, -0.2) is 190 Å². The lowest BCUT2D eigenvalue weighted by Gasteiger charge is -2.33. The number of nitrogens with one attached hydrogen (secondary N) is 2. The van der Waals surface area contributed by atoms with Crippen molar-refractivity contribution >= 4 is 42.1 Å². The molecule has 17 heteroatoms. The van der Waals surface area contributed by atoms with E-state index in [-0.39, 0.29) is 68.2 Å². The van der Waals surface area contributed by atoms with Crippen molar-refractivity contribution in [2.24, 2.45) is 0 Å². The Kier molecular flexibility index (Phi) is 26.4. The van der Waals surface area contributed by atoms with Crippen LogP contribution in [0.2, 0.25) is 0 Å². The minimum atomic E-state index is -1.16. The summed E-state index contributed by atoms with van der Waals surface area (Å²) < 4.78 is 21.0. The zero-order valence-electron chi connectivity index (χ0n) is 43.0. The lowest BCUT2D eigenvalue weighted by Crippen LogP contribution is -2.49. The summed E-state index contributed by atoms with van der Waals surface area (Å²) in [5, 5.41) is 15.2. The number of nitrogens with zero attached hydrogens (tertiary/aromatic N) is 4. The number of unbranched alkanes of at least 4 members (excludes halogenated alkanes) is 1. The average molecular weight is 957 g/mol. The van der Waals surface area contributed by atoms with Crippen LogP contribution in [0.5, 0.6) is 0 Å². The minimum Gasteiger partial charge on any atom is -0.480 e. The van der Waals surface area contributed by atoms with Crippen molar-refractivity contribution in [1.82, 2.24) is 30.2 Å². The van der Waals surface area contributed by atoms with Gasteiger partial charge in [0.25, 0.3) is 0 Å². The molecule has 3 N–H and O–H groups in total. The van der Waals surface area contributed by atoms with Crippen molar-refractivity contribution in [3.63, 3.8) is 0 Å². The van der Waals surface area contributed by atoms with E-state index in [2.05, 4.69) is 28.9 Å². The first kappa shape index (κ1) is 59.6. The van der Waals surface area contributed by atoms with Crippen molar-refractivity contribution in [2.45, 2.75) is 123 Å². The summed E-state index contributed by atoms with van der Waals surface area (Å²) in [4.78, 5) is 81.3. The van der Waals surface area contributed by atoms with E-state index in [1.807, 2.05) is 100 Å². The van der Waals surface area contributed by atoms with E-state index in [0.717, 1.165) is 36.6 Å². The van der Waals surface area contributed by atoms with E-state index < -0.39 is 23.7 Å². The fourth-order valence-corrected chi connectivity index (χ4v) is 7.31. The van der Waals surface area contributed by atoms with Crippen LogP contribution in [0.3, 0.4) is 0 Å². The van der Waals surface area contributed by atoms with Crippen molar-refractivity contribution in [3.8, 4) is 0 Å². The van der Waals surface area contributed by atoms with Gasteiger partial charge < -0.3 is 44.3 Å². The Morgan fingerprint density at radius 2 is 1.26 bits per heavy atom. The molecule has 1 heterocycles. The maximum atomic E-state index is 13.1. The van der Waals surface area contributed by atoms with Gasteiger partial charge in [-0.15, -0.1) is 0 Å². The highest BCUT2D eigenvalue weighted by molar-refractivity contribution is 5.82. The number of benzene rings is 1. The number of amides is 2. The van der Waals surface area contributed by atoms with Crippen molar-refractivity contribution in [2.75, 3.05) is 106 Å². The zero-order chi connectivity index (χ0) is 50.9. The molecule has 2 aliphatic carbocycles. The van der Waals surface area contributed by atoms with E-state index in [0.29, 0.717) is 71.7 Å². The second-order valence-electron chi connectivity index (χ2n) is 20.2. The molecular weight excluding hydrogens is 873 g/mol. The maximum absolute atomic E-state index is 13.1. The van der Waals surface area contributed by atoms with Gasteiger partial charge in [-0.05, 0) is 117 Å². The molecule has 0 spiro atoms. The summed E-state index contributed by atoms with van der Waals surface area (Å²) in [6.07, 6.45) is 8.16. The highest BCUT2D eigenvalue weighted by atomic mass is 16.6. The minimum absolute atomic E-state index is 0.0417. The van der Waals surface area contributed by atoms with Gasteiger partial charge in [0.2, 0.25) is 5.91 Å². The molecule has 2 amide bonds. The number of ether oxygens (including phenoxy) is 4. The molecule has 68 heavy (non-hydrogen) atoms. The molecule has 1 fully saturated rings. The van der Waals surface area contributed by atoms with Crippen LogP contribution in [0.1, 0.15) is 111 Å². The van der Waals surface area contributed by atoms with Gasteiger partial charge in [0.15, 0.2) is 0 Å². The Balaban J connectivity index is 0.00000117. The molecular formula is C51H84N6O11. The summed E-state index contributed by atoms with van der Waals surface area (Å²) in [7, 11) is 3.42. The standard InChI is InChI=1S/C41H60N6O9.2C5H12O/c1-41(2,3)56-38(51)29-47-21-19-45(25-27-49)17-16-44(24-26-48)18-20-46(22-23-47)28-37(50)42-15-9-8-14-36(39(52)53)43-40(54)55-30-35-33-12-6-4-10-31(33)32-11-5-7-13-34(32)35;2*1-5(2,3)6-4/h4,6-7,10,12-13,26-27,35-36H,5,8-9,11,14-25,28-30H2,1-3H3,(H,42,50)(H,43,54)(H,52,53);2*1-4H3. The number of alkyl carbamates (subject to hydrolysis) is 1. The first-order valence-electron chi connectivity index (χ1n) is 24.0. The molecule has 17 nitrogen and oxygen atoms in total. The van der Waals surface area contributed by atoms with Gasteiger partial charge in [-0.2, -0.15) is 0 Å². The quantitative estimate of drug-likeness (QED) is 0.105. The predicted octanol–water partition coefficient (Wildman–Crippen LogP) is 5.18. The Labute approximate surface area is 406 Å². The van der Waals surface area contributed by atoms with E-state index in [4.69, 9.17) is 18.9 Å². The number of hydrogen-bond donors (Lipinski definition) is 3. The van der Waals surface area contributed by atoms with E-state index in [9.17, 15) is 33.9 Å². The van der Waals surface area contributed by atoms with Gasteiger partial charge in [-0.1, -0.05) is 36.4 Å². The van der Waals surface area contributed by atoms with Gasteiger partial charge in [-0.3, -0.25) is 29.2 Å². The number of carbonyl (C=O) groups is 6. The molecule has 0 aromatic heterocycles. The second kappa shape index (κ2) is 30.2. The van der Waals surface area contributed by atoms with Crippen LogP contribution < -0.4 is 10.6 Å². The highest BCUT2D eigenvalue weighted by Gasteiger charge is 2.32. The topological polar surface area (TPSA) is 197 Å². The Morgan fingerprint density at radius 1 is 0.750 bits per heavy atom. The molecule has 384 valence electrons. The SMILES string of the molecule is CC(C)(C)OC(=O)CN1CCN(CC=O)CCN(CC=O)CCN(CC(=O)NCCCCC(NC(=O)OCC2C3=C(CCC=C3)c3ccccc32)C(=O)O)CC1.COC(C)(C)C.COC(C)(C)C. The zero-order valence-corrected chi connectivity index (χ0v) is 43.0. The molecule has 0 bridgehead atoms. The average Bonchev–Trinajstić information content (AvgIpc) is 3.58. The summed E-state index contributed by atoms with van der Waals surface area (Å²) >= 11 is 0. The first-order valence-corrected chi connectivity index (χ1v) is 24.0. The maximum Gasteiger partial charge on any atom is 0.407 e. The van der Waals surface area contributed by atoms with Gasteiger partial charge in [0.1, 0.15) is 30.8 Å². The van der Waals surface area contributed by atoms with Crippen LogP contribution in [0.4, 0.5) is 4.79 Å². The lowest BCUT2D eigenvalue weighted by molar-refractivity contribution is -0.156. The summed E-state index contributed by atoms with van der Waals surface area (Å²) in [6, 6.07) is 6.97. The molecule has 4 rings (SSSR count). The molecule has 1 saturated heterocycles. The fourth-order valence-electron chi connectivity index (χ4n) is 7.31. The summed E-state index contributed by atoms with van der Waals surface area (Å²) in [6.45, 7) is 22.8. The van der Waals surface area contributed by atoms with Gasteiger partial charge in [-0.25, -0.2) is 9.59 Å². The molecule has 1 aromatic rings. The number of hydrogen-bond acceptors (Lipinski definition) is 14. The van der Waals surface area contributed by atoms with Crippen LogP contribution in [0, 0.1) is 0 Å². The molecule has 0 saturated carbocycles. The Hall–Kier alpha value is -4.52. The first-order chi connectivity index (χ1) is 32.0. The molecule has 0 radical (unpaired) electrons. The molecule has 1 aromatic carbocycles. The number of rotatable bonds is 17. The fraction of sp³-hybridized carbons (Fsp3) is 0.686. The Morgan fingerprint density at radius 3 is 1.76 bits per heavy atom. The van der Waals surface area contributed by atoms with Crippen molar-refractivity contribution < 1.29 is 52.8 Å². The monoisotopic (exact) mass is 957 g/mol. The van der Waals surface area contributed by atoms with E-state index in [1.54, 1.807) is 14.2 Å². The number of fused-ring (bicyclic) bond motifs is 2. The number of methoxy groups -OCH3 is 2. The van der Waals surface area contributed by atoms with Crippen LogP contribution in [0.15, 0.2) is 42.0 Å². The Bertz CT molecular complexity index is 1790. The van der Waals surface area contributed by atoms with Crippen molar-refractivity contribution in [1.29, 1.82) is 0 Å². The van der Waals surface area contributed by atoms with E-state index >= 15 is 0 Å². The number of carboxylic acids is 1. The number of esters is 1. The van der Waals surface area contributed by atoms with E-state index in [1.165, 1.54) is 11.1 Å². The molecule has 3 aliphatic rings. The number of aliphatic carboxylic acids is 1. The smallest absolute Gasteiger partial charge is 0.407 e. The van der Waals surface area contributed by atoms with Gasteiger partial charge >= 0.3 is 18.0 Å². The number of carboxylic acid groups (broad SMARTS) is 1. The lowest BCUT2D eigenvalue weighted by atomic mass is 9.93. The molecule has 2 atom stereocenters. The third-order valence-corrected chi connectivity index (χ3v) is 11.4. The van der Waals surface area contributed by atoms with Gasteiger partial charge in [0.05, 0.1) is 37.4 Å². The van der Waals surface area contributed by atoms with Crippen LogP contribution in [0.25, 0.3) is 5.57 Å². The largest absolute Gasteiger partial charge is 0.480 e. The summed E-state index contributed by atoms with van der Waals surface area (Å²) in [5.74, 6) is -1.81.